The van der Waals surface area contributed by atoms with Crippen molar-refractivity contribution in [3.05, 3.63) is 21.9 Å². The molecule has 0 spiro atoms. The zero-order valence-corrected chi connectivity index (χ0v) is 11.1. The van der Waals surface area contributed by atoms with Gasteiger partial charge in [-0.15, -0.1) is 11.3 Å². The van der Waals surface area contributed by atoms with Crippen LogP contribution in [0.1, 0.15) is 37.3 Å². The number of ether oxygens (including phenoxy) is 1. The number of β-amino-alcohol motifs (C(OH)–C–C–N with tert-alkyl or cyclic N) is 1. The zero-order chi connectivity index (χ0) is 12.6. The van der Waals surface area contributed by atoms with Crippen molar-refractivity contribution < 1.29 is 14.6 Å². The molecule has 2 heterocycles. The van der Waals surface area contributed by atoms with Crippen LogP contribution >= 0.6 is 11.3 Å². The summed E-state index contributed by atoms with van der Waals surface area (Å²) in [6.07, 6.45) is -0.965. The Morgan fingerprint density at radius 1 is 1.59 bits per heavy atom. The predicted octanol–water partition coefficient (Wildman–Crippen LogP) is 2.53. The molecule has 0 saturated heterocycles. The van der Waals surface area contributed by atoms with E-state index in [4.69, 9.17) is 4.74 Å². The molecule has 1 unspecified atom stereocenters. The van der Waals surface area contributed by atoms with Crippen molar-refractivity contribution in [1.82, 2.24) is 4.90 Å². The lowest BCUT2D eigenvalue weighted by Crippen LogP contribution is -2.41. The van der Waals surface area contributed by atoms with E-state index >= 15 is 0 Å². The molecule has 1 N–H and O–H groups in total. The second-order valence-electron chi connectivity index (χ2n) is 5.18. The maximum Gasteiger partial charge on any atom is 0.410 e. The van der Waals surface area contributed by atoms with Crippen LogP contribution in [0, 0.1) is 0 Å². The van der Waals surface area contributed by atoms with Crippen LogP contribution in [-0.2, 0) is 11.3 Å². The number of rotatable bonds is 0. The zero-order valence-electron chi connectivity index (χ0n) is 10.3. The molecule has 0 saturated carbocycles. The van der Waals surface area contributed by atoms with Gasteiger partial charge in [-0.3, -0.25) is 0 Å². The minimum Gasteiger partial charge on any atom is -0.444 e. The van der Waals surface area contributed by atoms with Crippen molar-refractivity contribution in [2.24, 2.45) is 0 Å². The van der Waals surface area contributed by atoms with E-state index in [2.05, 4.69) is 0 Å². The SMILES string of the molecule is CC(C)(C)OC(=O)N1Cc2sccc2C(O)C1. The maximum atomic E-state index is 11.9. The first-order valence-corrected chi connectivity index (χ1v) is 6.47. The van der Waals surface area contributed by atoms with Gasteiger partial charge in [0.15, 0.2) is 0 Å². The molecule has 1 atom stereocenters. The van der Waals surface area contributed by atoms with Gasteiger partial charge >= 0.3 is 6.09 Å². The van der Waals surface area contributed by atoms with Crippen LogP contribution in [0.15, 0.2) is 11.4 Å². The lowest BCUT2D eigenvalue weighted by molar-refractivity contribution is 0.00881. The van der Waals surface area contributed by atoms with Gasteiger partial charge in [-0.1, -0.05) is 0 Å². The Labute approximate surface area is 105 Å². The monoisotopic (exact) mass is 255 g/mol. The summed E-state index contributed by atoms with van der Waals surface area (Å²) in [5, 5.41) is 11.9. The van der Waals surface area contributed by atoms with E-state index in [0.717, 1.165) is 10.4 Å². The summed E-state index contributed by atoms with van der Waals surface area (Å²) >= 11 is 1.56. The van der Waals surface area contributed by atoms with Gasteiger partial charge in [0.2, 0.25) is 0 Å². The summed E-state index contributed by atoms with van der Waals surface area (Å²) in [5.74, 6) is 0. The lowest BCUT2D eigenvalue weighted by atomic mass is 10.1. The molecule has 0 fully saturated rings. The van der Waals surface area contributed by atoms with E-state index in [0.29, 0.717) is 13.1 Å². The van der Waals surface area contributed by atoms with Gasteiger partial charge in [-0.25, -0.2) is 4.79 Å². The first kappa shape index (κ1) is 12.4. The van der Waals surface area contributed by atoms with Crippen LogP contribution < -0.4 is 0 Å². The molecule has 1 amide bonds. The summed E-state index contributed by atoms with van der Waals surface area (Å²) in [6.45, 7) is 6.34. The van der Waals surface area contributed by atoms with Crippen molar-refractivity contribution in [1.29, 1.82) is 0 Å². The molecule has 1 aromatic rings. The summed E-state index contributed by atoms with van der Waals surface area (Å²) in [4.78, 5) is 14.5. The first-order valence-electron chi connectivity index (χ1n) is 5.59. The molecule has 2 rings (SSSR count). The highest BCUT2D eigenvalue weighted by Crippen LogP contribution is 2.31. The van der Waals surface area contributed by atoms with Crippen molar-refractivity contribution in [3.63, 3.8) is 0 Å². The van der Waals surface area contributed by atoms with Gasteiger partial charge < -0.3 is 14.7 Å². The van der Waals surface area contributed by atoms with E-state index in [9.17, 15) is 9.90 Å². The number of carbonyl (C=O) groups is 1. The maximum absolute atomic E-state index is 11.9. The van der Waals surface area contributed by atoms with E-state index < -0.39 is 11.7 Å². The van der Waals surface area contributed by atoms with Crippen molar-refractivity contribution >= 4 is 17.4 Å². The standard InChI is InChI=1S/C12H17NO3S/c1-12(2,3)16-11(15)13-6-9(14)8-4-5-17-10(8)7-13/h4-5,9,14H,6-7H2,1-3H3. The van der Waals surface area contributed by atoms with E-state index in [1.807, 2.05) is 32.2 Å². The largest absolute Gasteiger partial charge is 0.444 e. The van der Waals surface area contributed by atoms with E-state index in [1.165, 1.54) is 0 Å². The van der Waals surface area contributed by atoms with Gasteiger partial charge in [0.1, 0.15) is 5.60 Å². The quantitative estimate of drug-likeness (QED) is 0.775. The van der Waals surface area contributed by atoms with Crippen LogP contribution in [0.25, 0.3) is 0 Å². The van der Waals surface area contributed by atoms with Gasteiger partial charge in [0.25, 0.3) is 0 Å². The molecule has 94 valence electrons. The van der Waals surface area contributed by atoms with Crippen molar-refractivity contribution in [3.8, 4) is 0 Å². The first-order chi connectivity index (χ1) is 7.87. The Bertz CT molecular complexity index is 422. The number of carbonyl (C=O) groups excluding carboxylic acids is 1. The minimum absolute atomic E-state index is 0.304. The Morgan fingerprint density at radius 2 is 2.29 bits per heavy atom. The fourth-order valence-electron chi connectivity index (χ4n) is 1.79. The third-order valence-corrected chi connectivity index (χ3v) is 3.44. The number of nitrogens with zero attached hydrogens (tertiary/aromatic N) is 1. The van der Waals surface area contributed by atoms with Crippen molar-refractivity contribution in [2.45, 2.75) is 39.0 Å². The van der Waals surface area contributed by atoms with Crippen LogP contribution in [0.3, 0.4) is 0 Å². The highest BCUT2D eigenvalue weighted by atomic mass is 32.1. The van der Waals surface area contributed by atoms with E-state index in [-0.39, 0.29) is 6.09 Å². The molecule has 0 aliphatic carbocycles. The molecule has 1 aliphatic heterocycles. The number of amides is 1. The fourth-order valence-corrected chi connectivity index (χ4v) is 2.74. The summed E-state index contributed by atoms with van der Waals surface area (Å²) < 4.78 is 5.30. The molecule has 4 nitrogen and oxygen atoms in total. The molecule has 0 radical (unpaired) electrons. The van der Waals surface area contributed by atoms with Gasteiger partial charge in [0.05, 0.1) is 19.2 Å². The summed E-state index contributed by atoms with van der Waals surface area (Å²) in [7, 11) is 0. The Morgan fingerprint density at radius 3 is 2.94 bits per heavy atom. The molecular weight excluding hydrogens is 238 g/mol. The molecule has 0 bridgehead atoms. The Kier molecular flexibility index (Phi) is 3.14. The van der Waals surface area contributed by atoms with Gasteiger partial charge in [0, 0.05) is 4.88 Å². The third-order valence-electron chi connectivity index (χ3n) is 2.52. The Balaban J connectivity index is 2.09. The number of fused-ring (bicyclic) bond motifs is 1. The third kappa shape index (κ3) is 2.79. The summed E-state index contributed by atoms with van der Waals surface area (Å²) in [6, 6.07) is 1.91. The second kappa shape index (κ2) is 4.31. The number of aliphatic hydroxyl groups excluding tert-OH is 1. The number of aliphatic hydroxyl groups is 1. The van der Waals surface area contributed by atoms with Crippen LogP contribution in [0.5, 0.6) is 0 Å². The number of hydrogen-bond donors (Lipinski definition) is 1. The van der Waals surface area contributed by atoms with Crippen LogP contribution in [0.2, 0.25) is 0 Å². The smallest absolute Gasteiger partial charge is 0.410 e. The second-order valence-corrected chi connectivity index (χ2v) is 6.18. The normalized spacial score (nSPS) is 20.0. The topological polar surface area (TPSA) is 49.8 Å². The predicted molar refractivity (Wildman–Crippen MR) is 65.9 cm³/mol. The molecule has 1 aromatic heterocycles. The highest BCUT2D eigenvalue weighted by Gasteiger charge is 2.30. The molecule has 0 aromatic carbocycles. The molecule has 17 heavy (non-hydrogen) atoms. The molecular formula is C12H17NO3S. The Hall–Kier alpha value is -1.07. The van der Waals surface area contributed by atoms with Crippen LogP contribution in [0.4, 0.5) is 4.79 Å². The van der Waals surface area contributed by atoms with Crippen LogP contribution in [-0.4, -0.2) is 28.2 Å². The number of hydrogen-bond acceptors (Lipinski definition) is 4. The van der Waals surface area contributed by atoms with Crippen molar-refractivity contribution in [2.75, 3.05) is 6.54 Å². The molecule has 1 aliphatic rings. The molecule has 5 heteroatoms. The van der Waals surface area contributed by atoms with Gasteiger partial charge in [-0.05, 0) is 37.8 Å². The van der Waals surface area contributed by atoms with Gasteiger partial charge in [-0.2, -0.15) is 0 Å². The average Bonchev–Trinajstić information content (AvgIpc) is 2.63. The average molecular weight is 255 g/mol. The lowest BCUT2D eigenvalue weighted by Gasteiger charge is -2.32. The minimum atomic E-state index is -0.600. The highest BCUT2D eigenvalue weighted by molar-refractivity contribution is 7.10. The fraction of sp³-hybridized carbons (Fsp3) is 0.583. The van der Waals surface area contributed by atoms with E-state index in [1.54, 1.807) is 16.2 Å². The summed E-state index contributed by atoms with van der Waals surface area (Å²) in [5.41, 5.74) is 0.437. The number of thiophene rings is 1.